The van der Waals surface area contributed by atoms with Gasteiger partial charge < -0.3 is 9.84 Å². The normalized spacial score (nSPS) is 17.4. The molecule has 1 fully saturated rings. The summed E-state index contributed by atoms with van der Waals surface area (Å²) in [5, 5.41) is 11.0. The van der Waals surface area contributed by atoms with Crippen LogP contribution in [0, 0.1) is 0 Å². The number of β-amino-alcohol motifs (C(OH)–C–C–N with tert-alkyl or cyclic N) is 1. The molecule has 1 atom stereocenters. The summed E-state index contributed by atoms with van der Waals surface area (Å²) >= 11 is 6.09. The number of hydrogen-bond donors (Lipinski definition) is 1. The Morgan fingerprint density at radius 3 is 2.28 bits per heavy atom. The molecular formula is C20H25ClN2O2. The highest BCUT2D eigenvalue weighted by Gasteiger charge is 2.19. The highest BCUT2D eigenvalue weighted by atomic mass is 35.5. The quantitative estimate of drug-likeness (QED) is 0.823. The maximum atomic E-state index is 10.3. The lowest BCUT2D eigenvalue weighted by Gasteiger charge is -2.35. The average Bonchev–Trinajstić information content (AvgIpc) is 2.65. The van der Waals surface area contributed by atoms with Gasteiger partial charge >= 0.3 is 0 Å². The Hall–Kier alpha value is -1.59. The number of ether oxygens (including phenoxy) is 1. The summed E-state index contributed by atoms with van der Waals surface area (Å²) < 4.78 is 5.76. The van der Waals surface area contributed by atoms with Crippen molar-refractivity contribution in [3.05, 3.63) is 65.2 Å². The van der Waals surface area contributed by atoms with Crippen molar-refractivity contribution in [1.82, 2.24) is 9.80 Å². The van der Waals surface area contributed by atoms with Crippen molar-refractivity contribution in [2.45, 2.75) is 6.10 Å². The number of halogens is 1. The van der Waals surface area contributed by atoms with Crippen LogP contribution in [0.2, 0.25) is 5.02 Å². The first-order valence-electron chi connectivity index (χ1n) is 8.77. The number of benzene rings is 2. The minimum atomic E-state index is -0.420. The smallest absolute Gasteiger partial charge is 0.137 e. The van der Waals surface area contributed by atoms with Gasteiger partial charge in [-0.25, -0.2) is 0 Å². The predicted molar refractivity (Wildman–Crippen MR) is 101 cm³/mol. The van der Waals surface area contributed by atoms with Crippen molar-refractivity contribution in [2.24, 2.45) is 0 Å². The van der Waals surface area contributed by atoms with Gasteiger partial charge in [-0.05, 0) is 17.7 Å². The molecule has 1 heterocycles. The first kappa shape index (κ1) is 18.2. The summed E-state index contributed by atoms with van der Waals surface area (Å²) in [6.07, 6.45) is -0.420. The van der Waals surface area contributed by atoms with E-state index in [1.807, 2.05) is 54.6 Å². The van der Waals surface area contributed by atoms with Crippen molar-refractivity contribution in [3.63, 3.8) is 0 Å². The molecule has 0 saturated carbocycles. The van der Waals surface area contributed by atoms with Crippen LogP contribution in [-0.2, 0) is 0 Å². The van der Waals surface area contributed by atoms with Crippen molar-refractivity contribution < 1.29 is 9.84 Å². The lowest BCUT2D eigenvalue weighted by Crippen LogP contribution is -2.48. The minimum Gasteiger partial charge on any atom is -0.491 e. The molecule has 1 N–H and O–H groups in total. The largest absolute Gasteiger partial charge is 0.491 e. The lowest BCUT2D eigenvalue weighted by molar-refractivity contribution is 0.0676. The van der Waals surface area contributed by atoms with E-state index in [1.165, 1.54) is 0 Å². The second kappa shape index (κ2) is 9.20. The van der Waals surface area contributed by atoms with Gasteiger partial charge in [0.1, 0.15) is 12.4 Å². The van der Waals surface area contributed by atoms with Crippen LogP contribution in [0.15, 0.2) is 54.6 Å². The van der Waals surface area contributed by atoms with Gasteiger partial charge in [-0.15, -0.1) is 0 Å². The fourth-order valence-corrected chi connectivity index (χ4v) is 3.26. The third-order valence-corrected chi connectivity index (χ3v) is 4.89. The van der Waals surface area contributed by atoms with Crippen LogP contribution >= 0.6 is 11.6 Å². The Morgan fingerprint density at radius 1 is 0.920 bits per heavy atom. The third kappa shape index (κ3) is 5.44. The number of para-hydroxylation sites is 1. The number of aliphatic hydroxyl groups is 1. The second-order valence-electron chi connectivity index (χ2n) is 6.35. The Labute approximate surface area is 154 Å². The first-order chi connectivity index (χ1) is 12.2. The van der Waals surface area contributed by atoms with E-state index in [9.17, 15) is 5.11 Å². The van der Waals surface area contributed by atoms with Crippen LogP contribution in [0.5, 0.6) is 5.75 Å². The molecule has 1 saturated heterocycles. The molecule has 5 heteroatoms. The number of hydrogen-bond acceptors (Lipinski definition) is 4. The molecule has 4 nitrogen and oxygen atoms in total. The zero-order valence-electron chi connectivity index (χ0n) is 14.4. The van der Waals surface area contributed by atoms with Crippen molar-refractivity contribution in [3.8, 4) is 5.75 Å². The van der Waals surface area contributed by atoms with E-state index < -0.39 is 6.10 Å². The predicted octanol–water partition coefficient (Wildman–Crippen LogP) is 3.07. The van der Waals surface area contributed by atoms with E-state index in [1.54, 1.807) is 0 Å². The topological polar surface area (TPSA) is 35.9 Å². The van der Waals surface area contributed by atoms with Crippen LogP contribution in [0.4, 0.5) is 0 Å². The fraction of sp³-hybridized carbons (Fsp3) is 0.400. The summed E-state index contributed by atoms with van der Waals surface area (Å²) in [4.78, 5) is 4.71. The van der Waals surface area contributed by atoms with E-state index in [0.29, 0.717) is 18.2 Å². The summed E-state index contributed by atoms with van der Waals surface area (Å²) in [5.41, 5.74) is 0.984. The molecule has 134 valence electrons. The number of aliphatic hydroxyl groups excluding tert-OH is 1. The molecule has 0 radical (unpaired) electrons. The molecule has 1 aliphatic rings. The van der Waals surface area contributed by atoms with Gasteiger partial charge in [-0.2, -0.15) is 0 Å². The van der Waals surface area contributed by atoms with Crippen LogP contribution in [0.25, 0.3) is 0 Å². The molecule has 25 heavy (non-hydrogen) atoms. The fourth-order valence-electron chi connectivity index (χ4n) is 3.07. The van der Waals surface area contributed by atoms with E-state index in [-0.39, 0.29) is 0 Å². The molecule has 1 aliphatic heterocycles. The number of nitrogens with zero attached hydrogens (tertiary/aromatic N) is 2. The summed E-state index contributed by atoms with van der Waals surface area (Å²) in [6, 6.07) is 17.4. The molecule has 3 rings (SSSR count). The van der Waals surface area contributed by atoms with Crippen LogP contribution in [0.1, 0.15) is 11.7 Å². The maximum absolute atomic E-state index is 10.3. The first-order valence-corrected chi connectivity index (χ1v) is 9.15. The molecule has 0 aromatic heterocycles. The molecular weight excluding hydrogens is 336 g/mol. The van der Waals surface area contributed by atoms with Gasteiger partial charge in [-0.3, -0.25) is 9.80 Å². The zero-order valence-corrected chi connectivity index (χ0v) is 15.1. The summed E-state index contributed by atoms with van der Waals surface area (Å²) in [5.74, 6) is 0.744. The van der Waals surface area contributed by atoms with E-state index in [4.69, 9.17) is 16.3 Å². The standard InChI is InChI=1S/C20H25ClN2O2/c21-18-8-4-5-9-20(18)25-15-14-22-10-12-23(13-11-22)16-19(24)17-6-2-1-3-7-17/h1-9,19,24H,10-16H2. The van der Waals surface area contributed by atoms with E-state index in [2.05, 4.69) is 9.80 Å². The Kier molecular flexibility index (Phi) is 6.70. The molecule has 0 aliphatic carbocycles. The third-order valence-electron chi connectivity index (χ3n) is 4.58. The minimum absolute atomic E-state index is 0.420. The SMILES string of the molecule is OC(CN1CCN(CCOc2ccccc2Cl)CC1)c1ccccc1. The molecule has 0 spiro atoms. The van der Waals surface area contributed by atoms with Gasteiger partial charge in [-0.1, -0.05) is 54.1 Å². The summed E-state index contributed by atoms with van der Waals surface area (Å²) in [6.45, 7) is 6.14. The summed E-state index contributed by atoms with van der Waals surface area (Å²) in [7, 11) is 0. The monoisotopic (exact) mass is 360 g/mol. The molecule has 2 aromatic carbocycles. The van der Waals surface area contributed by atoms with Crippen molar-refractivity contribution in [2.75, 3.05) is 45.9 Å². The number of piperazine rings is 1. The van der Waals surface area contributed by atoms with E-state index in [0.717, 1.165) is 44.0 Å². The highest BCUT2D eigenvalue weighted by Crippen LogP contribution is 2.23. The van der Waals surface area contributed by atoms with E-state index >= 15 is 0 Å². The van der Waals surface area contributed by atoms with Gasteiger partial charge in [0.05, 0.1) is 11.1 Å². The maximum Gasteiger partial charge on any atom is 0.137 e. The molecule has 1 unspecified atom stereocenters. The van der Waals surface area contributed by atoms with Crippen molar-refractivity contribution >= 4 is 11.6 Å². The van der Waals surface area contributed by atoms with Gasteiger partial charge in [0.2, 0.25) is 0 Å². The second-order valence-corrected chi connectivity index (χ2v) is 6.75. The highest BCUT2D eigenvalue weighted by molar-refractivity contribution is 6.32. The molecule has 0 bridgehead atoms. The van der Waals surface area contributed by atoms with Gasteiger partial charge in [0.25, 0.3) is 0 Å². The van der Waals surface area contributed by atoms with Gasteiger partial charge in [0.15, 0.2) is 0 Å². The van der Waals surface area contributed by atoms with Crippen LogP contribution in [-0.4, -0.2) is 60.8 Å². The number of rotatable bonds is 7. The Balaban J connectivity index is 1.37. The average molecular weight is 361 g/mol. The lowest BCUT2D eigenvalue weighted by atomic mass is 10.1. The van der Waals surface area contributed by atoms with Crippen molar-refractivity contribution in [1.29, 1.82) is 0 Å². The molecule has 2 aromatic rings. The zero-order chi connectivity index (χ0) is 17.5. The van der Waals surface area contributed by atoms with Gasteiger partial charge in [0, 0.05) is 39.3 Å². The Morgan fingerprint density at radius 2 is 1.56 bits per heavy atom. The van der Waals surface area contributed by atoms with Crippen LogP contribution in [0.3, 0.4) is 0 Å². The van der Waals surface area contributed by atoms with Crippen LogP contribution < -0.4 is 4.74 Å². The Bertz CT molecular complexity index is 645. The molecule has 0 amide bonds.